The van der Waals surface area contributed by atoms with E-state index in [1.807, 2.05) is 4.90 Å². The first-order chi connectivity index (χ1) is 10.0. The fourth-order valence-electron chi connectivity index (χ4n) is 3.39. The van der Waals surface area contributed by atoms with E-state index in [1.165, 1.54) is 0 Å². The molecule has 1 atom stereocenters. The minimum absolute atomic E-state index is 0.0320. The van der Waals surface area contributed by atoms with Crippen molar-refractivity contribution in [1.82, 2.24) is 14.7 Å². The molecule has 0 aromatic rings. The van der Waals surface area contributed by atoms with Crippen LogP contribution in [0.3, 0.4) is 0 Å². The molecular weight excluding hydrogens is 270 g/mol. The molecule has 118 valence electrons. The van der Waals surface area contributed by atoms with Crippen LogP contribution < -0.4 is 0 Å². The molecule has 0 bridgehead atoms. The standard InChI is InChI=1S/C15H25N3O3/c1-3-8-16(2)15(21)17-10-6-12(7-11-17)18-9-4-5-13(18)14(19)20/h3,12-13H,1,4-11H2,2H3,(H,19,20). The first-order valence-corrected chi connectivity index (χ1v) is 7.64. The molecule has 1 N–H and O–H groups in total. The Hall–Kier alpha value is -1.56. The number of likely N-dealkylation sites (N-methyl/N-ethyl adjacent to an activating group) is 1. The number of carboxylic acids is 1. The highest BCUT2D eigenvalue weighted by molar-refractivity contribution is 5.75. The quantitative estimate of drug-likeness (QED) is 0.793. The number of piperidine rings is 1. The molecule has 2 heterocycles. The summed E-state index contributed by atoms with van der Waals surface area (Å²) < 4.78 is 0. The topological polar surface area (TPSA) is 64.1 Å². The number of aliphatic carboxylic acids is 1. The van der Waals surface area contributed by atoms with E-state index >= 15 is 0 Å². The van der Waals surface area contributed by atoms with Crippen molar-refractivity contribution >= 4 is 12.0 Å². The molecule has 21 heavy (non-hydrogen) atoms. The van der Waals surface area contributed by atoms with E-state index in [0.29, 0.717) is 25.7 Å². The second kappa shape index (κ2) is 6.93. The number of likely N-dealkylation sites (tertiary alicyclic amines) is 2. The van der Waals surface area contributed by atoms with Gasteiger partial charge in [0, 0.05) is 32.7 Å². The summed E-state index contributed by atoms with van der Waals surface area (Å²) >= 11 is 0. The average Bonchev–Trinajstić information content (AvgIpc) is 2.96. The van der Waals surface area contributed by atoms with Crippen LogP contribution in [0, 0.1) is 0 Å². The van der Waals surface area contributed by atoms with E-state index in [9.17, 15) is 14.7 Å². The third-order valence-electron chi connectivity index (χ3n) is 4.51. The fraction of sp³-hybridized carbons (Fsp3) is 0.733. The zero-order valence-corrected chi connectivity index (χ0v) is 12.7. The maximum Gasteiger partial charge on any atom is 0.320 e. The van der Waals surface area contributed by atoms with Crippen molar-refractivity contribution in [3.05, 3.63) is 12.7 Å². The summed E-state index contributed by atoms with van der Waals surface area (Å²) in [4.78, 5) is 29.1. The highest BCUT2D eigenvalue weighted by atomic mass is 16.4. The molecule has 6 heteroatoms. The molecule has 6 nitrogen and oxygen atoms in total. The number of carbonyl (C=O) groups is 2. The summed E-state index contributed by atoms with van der Waals surface area (Å²) in [5.41, 5.74) is 0. The van der Waals surface area contributed by atoms with Gasteiger partial charge in [0.2, 0.25) is 0 Å². The molecule has 0 saturated carbocycles. The van der Waals surface area contributed by atoms with E-state index in [-0.39, 0.29) is 12.1 Å². The van der Waals surface area contributed by atoms with Gasteiger partial charge in [0.1, 0.15) is 6.04 Å². The maximum atomic E-state index is 12.2. The Morgan fingerprint density at radius 1 is 1.29 bits per heavy atom. The van der Waals surface area contributed by atoms with Crippen LogP contribution >= 0.6 is 0 Å². The lowest BCUT2D eigenvalue weighted by atomic mass is 10.0. The summed E-state index contributed by atoms with van der Waals surface area (Å²) in [6.07, 6.45) is 5.13. The van der Waals surface area contributed by atoms with Crippen LogP contribution in [-0.2, 0) is 4.79 Å². The first-order valence-electron chi connectivity index (χ1n) is 7.64. The maximum absolute atomic E-state index is 12.2. The predicted molar refractivity (Wildman–Crippen MR) is 80.2 cm³/mol. The molecule has 2 aliphatic rings. The van der Waals surface area contributed by atoms with E-state index in [1.54, 1.807) is 18.0 Å². The van der Waals surface area contributed by atoms with E-state index in [4.69, 9.17) is 0 Å². The Bertz CT molecular complexity index is 405. The first kappa shape index (κ1) is 15.8. The van der Waals surface area contributed by atoms with E-state index in [0.717, 1.165) is 32.2 Å². The molecule has 0 aromatic carbocycles. The van der Waals surface area contributed by atoms with Crippen molar-refractivity contribution in [2.24, 2.45) is 0 Å². The lowest BCUT2D eigenvalue weighted by Gasteiger charge is -2.39. The van der Waals surface area contributed by atoms with Crippen LogP contribution in [0.2, 0.25) is 0 Å². The van der Waals surface area contributed by atoms with Gasteiger partial charge in [-0.05, 0) is 32.2 Å². The molecule has 2 saturated heterocycles. The van der Waals surface area contributed by atoms with Crippen molar-refractivity contribution in [3.63, 3.8) is 0 Å². The highest BCUT2D eigenvalue weighted by Gasteiger charge is 2.37. The Morgan fingerprint density at radius 3 is 2.52 bits per heavy atom. The summed E-state index contributed by atoms with van der Waals surface area (Å²) in [6.45, 7) is 6.46. The molecule has 0 aromatic heterocycles. The third kappa shape index (κ3) is 3.56. The number of hydrogen-bond donors (Lipinski definition) is 1. The van der Waals surface area contributed by atoms with Gasteiger partial charge in [0.25, 0.3) is 0 Å². The number of amides is 2. The van der Waals surface area contributed by atoms with Crippen LogP contribution in [0.25, 0.3) is 0 Å². The minimum Gasteiger partial charge on any atom is -0.480 e. The van der Waals surface area contributed by atoms with Gasteiger partial charge in [-0.15, -0.1) is 6.58 Å². The van der Waals surface area contributed by atoms with Crippen molar-refractivity contribution in [2.45, 2.75) is 37.8 Å². The third-order valence-corrected chi connectivity index (χ3v) is 4.51. The fourth-order valence-corrected chi connectivity index (χ4v) is 3.39. The average molecular weight is 295 g/mol. The van der Waals surface area contributed by atoms with Gasteiger partial charge in [0.15, 0.2) is 0 Å². The van der Waals surface area contributed by atoms with E-state index < -0.39 is 5.97 Å². The second-order valence-electron chi connectivity index (χ2n) is 5.90. The molecular formula is C15H25N3O3. The van der Waals surface area contributed by atoms with Crippen molar-refractivity contribution < 1.29 is 14.7 Å². The summed E-state index contributed by atoms with van der Waals surface area (Å²) in [7, 11) is 1.77. The van der Waals surface area contributed by atoms with Crippen LogP contribution in [0.15, 0.2) is 12.7 Å². The molecule has 0 radical (unpaired) electrons. The lowest BCUT2D eigenvalue weighted by Crippen LogP contribution is -2.52. The summed E-state index contributed by atoms with van der Waals surface area (Å²) in [5, 5.41) is 9.26. The van der Waals surface area contributed by atoms with Gasteiger partial charge in [-0.3, -0.25) is 9.69 Å². The minimum atomic E-state index is -0.711. The molecule has 2 aliphatic heterocycles. The number of rotatable bonds is 4. The Morgan fingerprint density at radius 2 is 1.95 bits per heavy atom. The predicted octanol–water partition coefficient (Wildman–Crippen LogP) is 1.24. The van der Waals surface area contributed by atoms with Crippen LogP contribution in [0.5, 0.6) is 0 Å². The molecule has 2 rings (SSSR count). The zero-order valence-electron chi connectivity index (χ0n) is 12.7. The second-order valence-corrected chi connectivity index (χ2v) is 5.90. The Labute approximate surface area is 126 Å². The van der Waals surface area contributed by atoms with Gasteiger partial charge in [0.05, 0.1) is 0 Å². The Kier molecular flexibility index (Phi) is 5.22. The number of nitrogens with zero attached hydrogens (tertiary/aromatic N) is 3. The normalized spacial score (nSPS) is 24.0. The monoisotopic (exact) mass is 295 g/mol. The van der Waals surface area contributed by atoms with Crippen molar-refractivity contribution in [2.75, 3.05) is 33.2 Å². The van der Waals surface area contributed by atoms with Gasteiger partial charge in [-0.2, -0.15) is 0 Å². The van der Waals surface area contributed by atoms with Gasteiger partial charge in [-0.25, -0.2) is 4.79 Å². The van der Waals surface area contributed by atoms with Gasteiger partial charge in [-0.1, -0.05) is 6.08 Å². The van der Waals surface area contributed by atoms with Crippen LogP contribution in [0.4, 0.5) is 4.79 Å². The van der Waals surface area contributed by atoms with E-state index in [2.05, 4.69) is 11.5 Å². The smallest absolute Gasteiger partial charge is 0.320 e. The van der Waals surface area contributed by atoms with Gasteiger partial charge < -0.3 is 14.9 Å². The van der Waals surface area contributed by atoms with Gasteiger partial charge >= 0.3 is 12.0 Å². The number of carbonyl (C=O) groups excluding carboxylic acids is 1. The molecule has 0 aliphatic carbocycles. The number of hydrogen-bond acceptors (Lipinski definition) is 3. The Balaban J connectivity index is 1.87. The zero-order chi connectivity index (χ0) is 15.4. The largest absolute Gasteiger partial charge is 0.480 e. The molecule has 2 amide bonds. The summed E-state index contributed by atoms with van der Waals surface area (Å²) in [5.74, 6) is -0.711. The van der Waals surface area contributed by atoms with Crippen LogP contribution in [-0.4, -0.2) is 77.1 Å². The SMILES string of the molecule is C=CCN(C)C(=O)N1CCC(N2CCCC2C(=O)O)CC1. The van der Waals surface area contributed by atoms with Crippen LogP contribution in [0.1, 0.15) is 25.7 Å². The number of urea groups is 1. The molecule has 1 unspecified atom stereocenters. The van der Waals surface area contributed by atoms with Crippen molar-refractivity contribution in [3.8, 4) is 0 Å². The highest BCUT2D eigenvalue weighted by Crippen LogP contribution is 2.26. The lowest BCUT2D eigenvalue weighted by molar-refractivity contribution is -0.143. The molecule has 2 fully saturated rings. The summed E-state index contributed by atoms with van der Waals surface area (Å²) in [6, 6.07) is -0.00684. The van der Waals surface area contributed by atoms with Crippen molar-refractivity contribution in [1.29, 1.82) is 0 Å². The molecule has 0 spiro atoms. The number of carboxylic acid groups (broad SMARTS) is 1.